The molecule has 3 atom stereocenters. The largest absolute Gasteiger partial charge is 0.397 e. The molecule has 0 aromatic carbocycles. The number of carbonyl (C=O) groups excluding carboxylic acids is 1. The van der Waals surface area contributed by atoms with Gasteiger partial charge in [0.05, 0.1) is 12.3 Å². The van der Waals surface area contributed by atoms with E-state index in [4.69, 9.17) is 21.2 Å². The number of nitrogens with zero attached hydrogens (tertiary/aromatic N) is 3. The minimum absolute atomic E-state index is 0.0270. The highest BCUT2D eigenvalue weighted by Crippen LogP contribution is 2.33. The Hall–Kier alpha value is -2.82. The zero-order valence-corrected chi connectivity index (χ0v) is 20.1. The molecule has 3 aromatic rings. The molecule has 34 heavy (non-hydrogen) atoms. The summed E-state index contributed by atoms with van der Waals surface area (Å²) in [6, 6.07) is 5.04. The van der Waals surface area contributed by atoms with Crippen LogP contribution in [-0.4, -0.2) is 54.8 Å². The van der Waals surface area contributed by atoms with Gasteiger partial charge in [-0.25, -0.2) is 14.4 Å². The molecule has 1 fully saturated rings. The highest BCUT2D eigenvalue weighted by atomic mass is 32.1. The number of ether oxygens (including phenoxy) is 1. The molecule has 1 amide bonds. The fourth-order valence-electron chi connectivity index (χ4n) is 4.93. The first-order chi connectivity index (χ1) is 16.3. The molecule has 4 heterocycles. The number of hydrogen-bond acceptors (Lipinski definition) is 8. The predicted octanol–water partition coefficient (Wildman–Crippen LogP) is 2.42. The van der Waals surface area contributed by atoms with Crippen LogP contribution in [0.4, 0.5) is 15.9 Å². The molecule has 0 saturated carbocycles. The van der Waals surface area contributed by atoms with Gasteiger partial charge in [-0.3, -0.25) is 4.79 Å². The van der Waals surface area contributed by atoms with E-state index in [0.717, 1.165) is 21.6 Å². The van der Waals surface area contributed by atoms with E-state index < -0.39 is 0 Å². The summed E-state index contributed by atoms with van der Waals surface area (Å²) < 4.78 is 20.4. The SMILES string of the molecule is COCC1CN(c2cc(F)c3c(n2)CCC(NC(=O)c2sc4nc(C)ccc4c2N)C3)CC1N. The number of nitrogens with two attached hydrogens (primary N) is 2. The van der Waals surface area contributed by atoms with Crippen LogP contribution in [0.15, 0.2) is 18.2 Å². The lowest BCUT2D eigenvalue weighted by molar-refractivity contribution is 0.0938. The van der Waals surface area contributed by atoms with E-state index in [2.05, 4.69) is 10.3 Å². The Morgan fingerprint density at radius 3 is 2.97 bits per heavy atom. The number of hydrogen-bond donors (Lipinski definition) is 3. The van der Waals surface area contributed by atoms with Crippen LogP contribution in [0.2, 0.25) is 0 Å². The van der Waals surface area contributed by atoms with Crippen LogP contribution >= 0.6 is 11.3 Å². The lowest BCUT2D eigenvalue weighted by Gasteiger charge is -2.27. The number of nitrogens with one attached hydrogen (secondary N) is 1. The maximum absolute atomic E-state index is 15.1. The van der Waals surface area contributed by atoms with E-state index in [1.165, 1.54) is 17.4 Å². The fraction of sp³-hybridized carbons (Fsp3) is 0.458. The number of carbonyl (C=O) groups is 1. The Bertz CT molecular complexity index is 1250. The van der Waals surface area contributed by atoms with Crippen LogP contribution in [0.25, 0.3) is 10.2 Å². The van der Waals surface area contributed by atoms with Gasteiger partial charge in [0.15, 0.2) is 0 Å². The highest BCUT2D eigenvalue weighted by molar-refractivity contribution is 7.21. The second-order valence-corrected chi connectivity index (χ2v) is 10.2. The third kappa shape index (κ3) is 4.21. The molecule has 10 heteroatoms. The van der Waals surface area contributed by atoms with Crippen LogP contribution in [0.1, 0.15) is 33.0 Å². The second kappa shape index (κ2) is 9.09. The third-order valence-corrected chi connectivity index (χ3v) is 7.91. The predicted molar refractivity (Wildman–Crippen MR) is 132 cm³/mol. The molecule has 0 spiro atoms. The molecule has 3 aromatic heterocycles. The minimum atomic E-state index is -0.288. The topological polar surface area (TPSA) is 119 Å². The van der Waals surface area contributed by atoms with E-state index in [0.29, 0.717) is 60.9 Å². The van der Waals surface area contributed by atoms with Crippen molar-refractivity contribution in [2.24, 2.45) is 11.7 Å². The van der Waals surface area contributed by atoms with E-state index in [9.17, 15) is 4.79 Å². The number of anilines is 2. The van der Waals surface area contributed by atoms with E-state index in [1.807, 2.05) is 24.0 Å². The van der Waals surface area contributed by atoms with Crippen molar-refractivity contribution >= 4 is 39.0 Å². The molecule has 3 unspecified atom stereocenters. The first-order valence-electron chi connectivity index (χ1n) is 11.5. The van der Waals surface area contributed by atoms with Crippen LogP contribution in [0.3, 0.4) is 0 Å². The first kappa shape index (κ1) is 22.9. The number of halogens is 1. The summed E-state index contributed by atoms with van der Waals surface area (Å²) in [4.78, 5) is 25.4. The van der Waals surface area contributed by atoms with Gasteiger partial charge in [0, 0.05) is 66.6 Å². The smallest absolute Gasteiger partial charge is 0.263 e. The molecule has 0 bridgehead atoms. The van der Waals surface area contributed by atoms with Gasteiger partial charge in [-0.15, -0.1) is 11.3 Å². The number of nitrogen functional groups attached to an aromatic ring is 1. The number of aryl methyl sites for hydroxylation is 2. The average Bonchev–Trinajstić information content (AvgIpc) is 3.33. The van der Waals surface area contributed by atoms with E-state index in [1.54, 1.807) is 7.11 Å². The number of thiophene rings is 1. The number of fused-ring (bicyclic) bond motifs is 2. The third-order valence-electron chi connectivity index (χ3n) is 6.79. The van der Waals surface area contributed by atoms with Crippen LogP contribution < -0.4 is 21.7 Å². The fourth-order valence-corrected chi connectivity index (χ4v) is 5.97. The van der Waals surface area contributed by atoms with Gasteiger partial charge in [0.25, 0.3) is 5.91 Å². The molecule has 5 rings (SSSR count). The number of aromatic nitrogens is 2. The molecule has 1 saturated heterocycles. The molecular formula is C24H29FN6O2S. The van der Waals surface area contributed by atoms with Gasteiger partial charge >= 0.3 is 0 Å². The lowest BCUT2D eigenvalue weighted by atomic mass is 9.91. The summed E-state index contributed by atoms with van der Waals surface area (Å²) in [5, 5.41) is 3.83. The monoisotopic (exact) mass is 484 g/mol. The van der Waals surface area contributed by atoms with Gasteiger partial charge in [-0.2, -0.15) is 0 Å². The molecule has 5 N–H and O–H groups in total. The molecule has 8 nitrogen and oxygen atoms in total. The zero-order valence-electron chi connectivity index (χ0n) is 19.3. The molecule has 1 aliphatic heterocycles. The zero-order chi connectivity index (χ0) is 24.0. The van der Waals surface area contributed by atoms with Gasteiger partial charge in [0.1, 0.15) is 21.3 Å². The van der Waals surface area contributed by atoms with Gasteiger partial charge < -0.3 is 26.4 Å². The summed E-state index contributed by atoms with van der Waals surface area (Å²) >= 11 is 1.28. The van der Waals surface area contributed by atoms with E-state index in [-0.39, 0.29) is 29.7 Å². The maximum atomic E-state index is 15.1. The van der Waals surface area contributed by atoms with Crippen molar-refractivity contribution in [2.45, 2.75) is 38.3 Å². The summed E-state index contributed by atoms with van der Waals surface area (Å²) in [6.07, 6.45) is 1.67. The minimum Gasteiger partial charge on any atom is -0.397 e. The molecule has 2 aliphatic rings. The Morgan fingerprint density at radius 1 is 1.35 bits per heavy atom. The summed E-state index contributed by atoms with van der Waals surface area (Å²) in [5.74, 6) is 0.287. The van der Waals surface area contributed by atoms with Crippen LogP contribution in [0.5, 0.6) is 0 Å². The first-order valence-corrected chi connectivity index (χ1v) is 12.3. The number of rotatable bonds is 5. The van der Waals surface area contributed by atoms with Crippen molar-refractivity contribution in [3.63, 3.8) is 0 Å². The van der Waals surface area contributed by atoms with Crippen molar-refractivity contribution in [3.05, 3.63) is 45.8 Å². The second-order valence-electron chi connectivity index (χ2n) is 9.24. The molecular weight excluding hydrogens is 455 g/mol. The highest BCUT2D eigenvalue weighted by Gasteiger charge is 2.33. The maximum Gasteiger partial charge on any atom is 0.263 e. The summed E-state index contributed by atoms with van der Waals surface area (Å²) in [5.41, 5.74) is 15.1. The van der Waals surface area contributed by atoms with Crippen molar-refractivity contribution in [1.82, 2.24) is 15.3 Å². The summed E-state index contributed by atoms with van der Waals surface area (Å²) in [7, 11) is 1.66. The van der Waals surface area contributed by atoms with Crippen molar-refractivity contribution in [1.29, 1.82) is 0 Å². The van der Waals surface area contributed by atoms with Gasteiger partial charge in [-0.1, -0.05) is 0 Å². The van der Waals surface area contributed by atoms with Crippen LogP contribution in [-0.2, 0) is 17.6 Å². The Labute approximate surface area is 201 Å². The number of methoxy groups -OCH3 is 1. The lowest BCUT2D eigenvalue weighted by Crippen LogP contribution is -2.39. The normalized spacial score (nSPS) is 22.2. The number of pyridine rings is 2. The number of amides is 1. The quantitative estimate of drug-likeness (QED) is 0.509. The standard InChI is InChI=1S/C24H29FN6O2S/c1-12-3-5-15-21(27)22(34-24(15)28-12)23(32)29-14-4-6-19-16(7-14)17(25)8-20(30-19)31-9-13(11-33-2)18(26)10-31/h3,5,8,13-14,18H,4,6-7,9-11,26-27H2,1-2H3,(H,29,32). The molecule has 1 aliphatic carbocycles. The molecule has 180 valence electrons. The van der Waals surface area contributed by atoms with E-state index >= 15 is 4.39 Å². The van der Waals surface area contributed by atoms with Crippen molar-refractivity contribution < 1.29 is 13.9 Å². The molecule has 0 radical (unpaired) electrons. The van der Waals surface area contributed by atoms with Gasteiger partial charge in [0.2, 0.25) is 0 Å². The Balaban J connectivity index is 1.30. The average molecular weight is 485 g/mol. The summed E-state index contributed by atoms with van der Waals surface area (Å²) in [6.45, 7) is 3.80. The van der Waals surface area contributed by atoms with Gasteiger partial charge in [-0.05, 0) is 38.3 Å². The Morgan fingerprint density at radius 2 is 2.18 bits per heavy atom. The van der Waals surface area contributed by atoms with Crippen LogP contribution in [0, 0.1) is 18.7 Å². The van der Waals surface area contributed by atoms with Crippen molar-refractivity contribution in [2.75, 3.05) is 37.4 Å². The Kier molecular flexibility index (Phi) is 6.13. The van der Waals surface area contributed by atoms with Crippen molar-refractivity contribution in [3.8, 4) is 0 Å².